The molecular formula is C11H11ClN2O6. The molecule has 0 atom stereocenters. The van der Waals surface area contributed by atoms with Crippen LogP contribution in [0.15, 0.2) is 6.07 Å². The molecule has 1 rings (SSSR count). The molecule has 1 amide bonds. The Hall–Kier alpha value is -2.35. The van der Waals surface area contributed by atoms with Crippen molar-refractivity contribution in [1.82, 2.24) is 0 Å². The lowest BCUT2D eigenvalue weighted by Crippen LogP contribution is -2.12. The number of carbonyl (C=O) groups is 2. The van der Waals surface area contributed by atoms with Gasteiger partial charge in [0.1, 0.15) is 5.02 Å². The van der Waals surface area contributed by atoms with Crippen molar-refractivity contribution in [2.75, 3.05) is 11.9 Å². The van der Waals surface area contributed by atoms with Gasteiger partial charge in [-0.2, -0.15) is 0 Å². The number of phenolic OH excluding ortho intramolecular Hbond substituents is 1. The minimum Gasteiger partial charge on any atom is -0.504 e. The third kappa shape index (κ3) is 3.15. The van der Waals surface area contributed by atoms with Gasteiger partial charge in [0.05, 0.1) is 17.2 Å². The van der Waals surface area contributed by atoms with Crippen LogP contribution in [0.5, 0.6) is 5.75 Å². The summed E-state index contributed by atoms with van der Waals surface area (Å²) in [6.45, 7) is 2.65. The van der Waals surface area contributed by atoms with Gasteiger partial charge in [0.25, 0.3) is 5.69 Å². The third-order valence-corrected chi connectivity index (χ3v) is 2.57. The predicted molar refractivity (Wildman–Crippen MR) is 70.0 cm³/mol. The predicted octanol–water partition coefficient (Wildman–Crippen LogP) is 2.09. The van der Waals surface area contributed by atoms with Crippen molar-refractivity contribution in [2.24, 2.45) is 0 Å². The minimum atomic E-state index is -1.03. The molecule has 1 aromatic carbocycles. The number of hydrogen-bond acceptors (Lipinski definition) is 6. The number of phenols is 1. The molecule has 0 saturated heterocycles. The number of nitrogens with one attached hydrogen (secondary N) is 1. The van der Waals surface area contributed by atoms with E-state index < -0.39 is 38.8 Å². The first-order valence-electron chi connectivity index (χ1n) is 5.44. The highest BCUT2D eigenvalue weighted by atomic mass is 35.5. The van der Waals surface area contributed by atoms with Crippen LogP contribution in [0, 0.1) is 10.1 Å². The summed E-state index contributed by atoms with van der Waals surface area (Å²) in [7, 11) is 0. The van der Waals surface area contributed by atoms with Gasteiger partial charge in [-0.25, -0.2) is 4.79 Å². The fourth-order valence-corrected chi connectivity index (χ4v) is 1.73. The second-order valence-corrected chi connectivity index (χ2v) is 4.02. The summed E-state index contributed by atoms with van der Waals surface area (Å²) >= 11 is 5.76. The van der Waals surface area contributed by atoms with Gasteiger partial charge in [-0.3, -0.25) is 14.9 Å². The van der Waals surface area contributed by atoms with E-state index >= 15 is 0 Å². The highest BCUT2D eigenvalue weighted by molar-refractivity contribution is 6.36. The van der Waals surface area contributed by atoms with Gasteiger partial charge < -0.3 is 15.2 Å². The Labute approximate surface area is 118 Å². The number of esters is 1. The summed E-state index contributed by atoms with van der Waals surface area (Å²) in [5.41, 5.74) is -1.50. The molecule has 20 heavy (non-hydrogen) atoms. The van der Waals surface area contributed by atoms with E-state index in [1.165, 1.54) is 6.92 Å². The number of amides is 1. The molecule has 0 heterocycles. The van der Waals surface area contributed by atoms with Crippen LogP contribution in [0.2, 0.25) is 5.02 Å². The third-order valence-electron chi connectivity index (χ3n) is 2.21. The second kappa shape index (κ2) is 6.20. The fourth-order valence-electron chi connectivity index (χ4n) is 1.45. The van der Waals surface area contributed by atoms with Crippen molar-refractivity contribution in [3.8, 4) is 5.75 Å². The first-order chi connectivity index (χ1) is 9.29. The molecule has 2 N–H and O–H groups in total. The van der Waals surface area contributed by atoms with E-state index in [1.54, 1.807) is 0 Å². The number of aromatic hydroxyl groups is 1. The quantitative estimate of drug-likeness (QED) is 0.380. The van der Waals surface area contributed by atoms with Gasteiger partial charge in [-0.1, -0.05) is 11.6 Å². The van der Waals surface area contributed by atoms with Gasteiger partial charge in [0.2, 0.25) is 5.91 Å². The van der Waals surface area contributed by atoms with Crippen molar-refractivity contribution in [3.63, 3.8) is 0 Å². The number of rotatable bonds is 4. The van der Waals surface area contributed by atoms with Crippen LogP contribution in [0.4, 0.5) is 11.4 Å². The van der Waals surface area contributed by atoms with E-state index in [0.29, 0.717) is 0 Å². The zero-order valence-electron chi connectivity index (χ0n) is 10.6. The molecule has 0 saturated carbocycles. The summed E-state index contributed by atoms with van der Waals surface area (Å²) in [5, 5.41) is 22.4. The number of hydrogen-bond donors (Lipinski definition) is 2. The van der Waals surface area contributed by atoms with E-state index in [4.69, 9.17) is 11.6 Å². The van der Waals surface area contributed by atoms with Crippen LogP contribution in [-0.2, 0) is 9.53 Å². The number of nitrogens with zero attached hydrogens (tertiary/aromatic N) is 1. The molecule has 0 unspecified atom stereocenters. The molecule has 108 valence electrons. The number of nitro benzene ring substituents is 1. The maximum Gasteiger partial charge on any atom is 0.346 e. The monoisotopic (exact) mass is 302 g/mol. The van der Waals surface area contributed by atoms with Gasteiger partial charge in [-0.05, 0) is 6.92 Å². The van der Waals surface area contributed by atoms with Crippen molar-refractivity contribution in [1.29, 1.82) is 0 Å². The summed E-state index contributed by atoms with van der Waals surface area (Å²) in [6.07, 6.45) is 0. The Kier molecular flexibility index (Phi) is 4.87. The van der Waals surface area contributed by atoms with Crippen molar-refractivity contribution in [3.05, 3.63) is 26.8 Å². The summed E-state index contributed by atoms with van der Waals surface area (Å²) in [4.78, 5) is 32.7. The number of ether oxygens (including phenoxy) is 1. The zero-order chi connectivity index (χ0) is 15.4. The van der Waals surface area contributed by atoms with E-state index in [1.807, 2.05) is 0 Å². The molecule has 0 spiro atoms. The molecule has 8 nitrogen and oxygen atoms in total. The standard InChI is InChI=1S/C11H11ClN2O6/c1-3-20-11(17)8-7(14(18)19)4-6(13-5(2)15)10(16)9(8)12/h4,16H,3H2,1-2H3,(H,13,15). The summed E-state index contributed by atoms with van der Waals surface area (Å²) in [6, 6.07) is 0.842. The smallest absolute Gasteiger partial charge is 0.346 e. The van der Waals surface area contributed by atoms with Gasteiger partial charge in [0.15, 0.2) is 11.3 Å². The fraction of sp³-hybridized carbons (Fsp3) is 0.273. The van der Waals surface area contributed by atoms with E-state index in [-0.39, 0.29) is 12.3 Å². The van der Waals surface area contributed by atoms with Crippen LogP contribution in [0.1, 0.15) is 24.2 Å². The zero-order valence-corrected chi connectivity index (χ0v) is 11.4. The molecule has 0 aromatic heterocycles. The first-order valence-corrected chi connectivity index (χ1v) is 5.81. The van der Waals surface area contributed by atoms with Gasteiger partial charge in [0, 0.05) is 13.0 Å². The van der Waals surface area contributed by atoms with E-state index in [9.17, 15) is 24.8 Å². The van der Waals surface area contributed by atoms with Crippen LogP contribution < -0.4 is 5.32 Å². The molecule has 0 aliphatic carbocycles. The first kappa shape index (κ1) is 15.7. The van der Waals surface area contributed by atoms with E-state index in [2.05, 4.69) is 10.1 Å². The average molecular weight is 303 g/mol. The van der Waals surface area contributed by atoms with Gasteiger partial charge in [-0.15, -0.1) is 0 Å². The van der Waals surface area contributed by atoms with Crippen molar-refractivity contribution < 1.29 is 24.4 Å². The number of carbonyl (C=O) groups excluding carboxylic acids is 2. The molecule has 0 bridgehead atoms. The minimum absolute atomic E-state index is 0.0134. The molecular weight excluding hydrogens is 292 g/mol. The number of halogens is 1. The maximum absolute atomic E-state index is 11.7. The normalized spacial score (nSPS) is 9.95. The summed E-state index contributed by atoms with van der Waals surface area (Å²) in [5.74, 6) is -2.24. The van der Waals surface area contributed by atoms with Crippen LogP contribution in [0.3, 0.4) is 0 Å². The molecule has 9 heteroatoms. The van der Waals surface area contributed by atoms with Crippen molar-refractivity contribution >= 4 is 34.9 Å². The average Bonchev–Trinajstić information content (AvgIpc) is 2.34. The largest absolute Gasteiger partial charge is 0.504 e. The lowest BCUT2D eigenvalue weighted by atomic mass is 10.1. The lowest BCUT2D eigenvalue weighted by molar-refractivity contribution is -0.385. The molecule has 0 radical (unpaired) electrons. The summed E-state index contributed by atoms with van der Waals surface area (Å²) < 4.78 is 4.65. The van der Waals surface area contributed by atoms with Gasteiger partial charge >= 0.3 is 5.97 Å². The Morgan fingerprint density at radius 3 is 2.60 bits per heavy atom. The van der Waals surface area contributed by atoms with Crippen molar-refractivity contribution in [2.45, 2.75) is 13.8 Å². The Morgan fingerprint density at radius 1 is 1.55 bits per heavy atom. The number of nitro groups is 1. The number of anilines is 1. The van der Waals surface area contributed by atoms with Crippen LogP contribution in [-0.4, -0.2) is 28.5 Å². The van der Waals surface area contributed by atoms with Crippen LogP contribution in [0.25, 0.3) is 0 Å². The second-order valence-electron chi connectivity index (χ2n) is 3.64. The highest BCUT2D eigenvalue weighted by Crippen LogP contribution is 2.40. The molecule has 1 aromatic rings. The van der Waals surface area contributed by atoms with E-state index in [0.717, 1.165) is 13.0 Å². The SMILES string of the molecule is CCOC(=O)c1c([N+](=O)[O-])cc(NC(C)=O)c(O)c1Cl. The lowest BCUT2D eigenvalue weighted by Gasteiger charge is -2.11. The molecule has 0 fully saturated rings. The Balaban J connectivity index is 3.51. The van der Waals surface area contributed by atoms with Crippen LogP contribution >= 0.6 is 11.6 Å². The molecule has 0 aliphatic rings. The molecule has 0 aliphatic heterocycles. The topological polar surface area (TPSA) is 119 Å². The number of benzene rings is 1. The maximum atomic E-state index is 11.7. The Morgan fingerprint density at radius 2 is 2.15 bits per heavy atom. The Bertz CT molecular complexity index is 587. The highest BCUT2D eigenvalue weighted by Gasteiger charge is 2.29.